The Bertz CT molecular complexity index is 1940. The van der Waals surface area contributed by atoms with Gasteiger partial charge in [-0.15, -0.1) is 62.5 Å². The van der Waals surface area contributed by atoms with E-state index in [1.54, 1.807) is 0 Å². The van der Waals surface area contributed by atoms with Crippen molar-refractivity contribution in [2.24, 2.45) is 0 Å². The van der Waals surface area contributed by atoms with Gasteiger partial charge in [0.15, 0.2) is 0 Å². The fourth-order valence-electron chi connectivity index (χ4n) is 6.18. The zero-order valence-corrected chi connectivity index (χ0v) is 37.5. The van der Waals surface area contributed by atoms with Gasteiger partial charge in [0.2, 0.25) is 0 Å². The van der Waals surface area contributed by atoms with Gasteiger partial charge < -0.3 is 0 Å². The molecule has 0 spiro atoms. The van der Waals surface area contributed by atoms with Crippen LogP contribution >= 0.6 is 17.0 Å². The second-order valence-corrected chi connectivity index (χ2v) is 20.4. The van der Waals surface area contributed by atoms with Gasteiger partial charge in [-0.1, -0.05) is 160 Å². The molecule has 0 aliphatic carbocycles. The summed E-state index contributed by atoms with van der Waals surface area (Å²) in [7, 11) is 11.0. The Hall–Kier alpha value is -2.22. The number of benzene rings is 4. The van der Waals surface area contributed by atoms with Gasteiger partial charge in [-0.25, -0.2) is 0 Å². The molecule has 0 aromatic heterocycles. The Kier molecular flexibility index (Phi) is 15.6. The van der Waals surface area contributed by atoms with E-state index in [1.165, 1.54) is 77.2 Å². The van der Waals surface area contributed by atoms with E-state index in [2.05, 4.69) is 186 Å². The van der Waals surface area contributed by atoms with Gasteiger partial charge in [0.1, 0.15) is 0 Å². The number of rotatable bonds is 3. The summed E-state index contributed by atoms with van der Waals surface area (Å²) in [6.45, 7) is 29.0. The van der Waals surface area contributed by atoms with E-state index >= 15 is 0 Å². The molecule has 0 unspecified atom stereocenters. The molecule has 0 nitrogen and oxygen atoms in total. The van der Waals surface area contributed by atoms with Crippen LogP contribution in [0, 0.1) is 20.8 Å². The van der Waals surface area contributed by atoms with Crippen molar-refractivity contribution in [1.29, 1.82) is 0 Å². The van der Waals surface area contributed by atoms with Crippen LogP contribution < -0.4 is 0 Å². The quantitative estimate of drug-likeness (QED) is 0.124. The molecule has 0 heterocycles. The molecule has 6 aromatic rings. The summed E-state index contributed by atoms with van der Waals surface area (Å²) in [6, 6.07) is 36.4. The normalized spacial score (nSPS) is 11.3. The van der Waals surface area contributed by atoms with E-state index in [9.17, 15) is 0 Å². The molecule has 0 N–H and O–H groups in total. The summed E-state index contributed by atoms with van der Waals surface area (Å²) in [5, 5.41) is 5.49. The Labute approximate surface area is 325 Å². The fourth-order valence-corrected chi connectivity index (χ4v) is 6.18. The first-order valence-electron chi connectivity index (χ1n) is 17.6. The molecule has 50 heavy (non-hydrogen) atoms. The Balaban J connectivity index is 0.000000234. The number of fused-ring (bicyclic) bond motifs is 2. The molecule has 6 aromatic carbocycles. The van der Waals surface area contributed by atoms with E-state index in [0.29, 0.717) is 5.92 Å². The fraction of sp³-hybridized carbons (Fsp3) is 0.348. The van der Waals surface area contributed by atoms with Crippen LogP contribution in [0.2, 0.25) is 13.1 Å². The first-order valence-corrected chi connectivity index (χ1v) is 25.9. The van der Waals surface area contributed by atoms with Gasteiger partial charge in [-0.2, -0.15) is 12.1 Å². The average molecular weight is 799 g/mol. The molecule has 0 amide bonds. The number of aryl methyl sites for hydroxylation is 3. The third-order valence-electron chi connectivity index (χ3n) is 9.24. The minimum absolute atomic E-state index is 0.202. The number of halogens is 2. The van der Waals surface area contributed by atoms with Crippen molar-refractivity contribution in [3.63, 3.8) is 0 Å². The van der Waals surface area contributed by atoms with Crippen molar-refractivity contribution >= 4 is 48.1 Å². The van der Waals surface area contributed by atoms with Crippen LogP contribution in [-0.2, 0) is 31.7 Å². The topological polar surface area (TPSA) is 0 Å². The van der Waals surface area contributed by atoms with E-state index in [4.69, 9.17) is 17.0 Å². The van der Waals surface area contributed by atoms with Gasteiger partial charge in [0, 0.05) is 9.52 Å². The van der Waals surface area contributed by atoms with E-state index in [-0.39, 0.29) is 10.8 Å². The Morgan fingerprint density at radius 2 is 1.12 bits per heavy atom. The van der Waals surface area contributed by atoms with Gasteiger partial charge in [0.05, 0.1) is 0 Å². The predicted molar refractivity (Wildman–Crippen MR) is 225 cm³/mol. The maximum absolute atomic E-state index is 4.93. The summed E-state index contributed by atoms with van der Waals surface area (Å²) < 4.78 is 0. The molecule has 262 valence electrons. The monoisotopic (exact) mass is 796 g/mol. The molecule has 0 aliphatic heterocycles. The zero-order valence-electron chi connectivity index (χ0n) is 32.6. The van der Waals surface area contributed by atoms with E-state index in [1.807, 2.05) is 0 Å². The molecule has 0 fully saturated rings. The molecule has 0 bridgehead atoms. The van der Waals surface area contributed by atoms with Crippen molar-refractivity contribution < 1.29 is 20.8 Å². The molecular weight excluding hydrogens is 743 g/mol. The van der Waals surface area contributed by atoms with Gasteiger partial charge in [-0.3, -0.25) is 0 Å². The standard InChI is InChI=1S/2C22H25.C2H6Si.2ClH.Zr/c1-14-11-19-16(3)15(2)13-20(21(19)12-14)17-7-9-18(10-8-17)22(4,5)6;1-15(2)18-13-17-7-6-8-20(21(17)14-18)16-9-11-19(12-10-16)22(3,4)5;1-3-2;;;/h7-13H,1-6H3;6-15H,1-5H3;1-2H3;2*1H;/q2*-1;;;;+4/p-2. The van der Waals surface area contributed by atoms with E-state index in [0.717, 1.165) is 9.52 Å². The molecule has 0 aliphatic rings. The van der Waals surface area contributed by atoms with Crippen molar-refractivity contribution in [2.75, 3.05) is 0 Å². The van der Waals surface area contributed by atoms with Crippen molar-refractivity contribution in [3.05, 3.63) is 130 Å². The average Bonchev–Trinajstić information content (AvgIpc) is 3.67. The van der Waals surface area contributed by atoms with Crippen LogP contribution in [-0.4, -0.2) is 9.52 Å². The summed E-state index contributed by atoms with van der Waals surface area (Å²) >= 11 is -0.826. The van der Waals surface area contributed by atoms with Crippen molar-refractivity contribution in [3.8, 4) is 22.3 Å². The zero-order chi connectivity index (χ0) is 37.4. The third kappa shape index (κ3) is 10.9. The summed E-state index contributed by atoms with van der Waals surface area (Å²) in [6.07, 6.45) is 0. The Morgan fingerprint density at radius 1 is 0.640 bits per heavy atom. The minimum atomic E-state index is -0.826. The van der Waals surface area contributed by atoms with Crippen LogP contribution in [0.4, 0.5) is 0 Å². The second kappa shape index (κ2) is 18.5. The van der Waals surface area contributed by atoms with Crippen LogP contribution in [0.15, 0.2) is 97.1 Å². The maximum atomic E-state index is 4.93. The Morgan fingerprint density at radius 3 is 1.58 bits per heavy atom. The summed E-state index contributed by atoms with van der Waals surface area (Å²) in [5.41, 5.74) is 14.0. The van der Waals surface area contributed by atoms with Crippen LogP contribution in [0.3, 0.4) is 0 Å². The molecule has 0 saturated carbocycles. The SMILES string of the molecule is CC(C)c1cc2c(-c3ccc(C(C)(C)C)cc3)cccc2[cH-]1.C[Si]C.Cc1cc2c(-c3ccc(C(C)(C)C)cc3)cc(C)c(C)c2[cH-]1.[Cl][Zr+2][Cl]. The molecule has 6 rings (SSSR count). The molecule has 2 radical (unpaired) electrons. The first kappa shape index (κ1) is 42.2. The molecule has 0 atom stereocenters. The van der Waals surface area contributed by atoms with Gasteiger partial charge >= 0.3 is 37.9 Å². The summed E-state index contributed by atoms with van der Waals surface area (Å²) in [5.74, 6) is 0.573. The van der Waals surface area contributed by atoms with Crippen LogP contribution in [0.25, 0.3) is 43.8 Å². The second-order valence-electron chi connectivity index (χ2n) is 15.7. The number of hydrogen-bond donors (Lipinski definition) is 0. The first-order chi connectivity index (χ1) is 23.5. The number of hydrogen-bond acceptors (Lipinski definition) is 0. The third-order valence-corrected chi connectivity index (χ3v) is 9.24. The molecular formula is C46H56Cl2SiZr. The predicted octanol–water partition coefficient (Wildman–Crippen LogP) is 15.3. The summed E-state index contributed by atoms with van der Waals surface area (Å²) in [4.78, 5) is 0. The van der Waals surface area contributed by atoms with E-state index < -0.39 is 20.8 Å². The van der Waals surface area contributed by atoms with Gasteiger partial charge in [-0.05, 0) is 45.9 Å². The van der Waals surface area contributed by atoms with Crippen LogP contribution in [0.1, 0.15) is 94.7 Å². The van der Waals surface area contributed by atoms with Gasteiger partial charge in [0.25, 0.3) is 0 Å². The molecule has 4 heteroatoms. The van der Waals surface area contributed by atoms with Crippen molar-refractivity contribution in [2.45, 2.75) is 106 Å². The molecule has 0 saturated heterocycles. The van der Waals surface area contributed by atoms with Crippen LogP contribution in [0.5, 0.6) is 0 Å². The van der Waals surface area contributed by atoms with Crippen molar-refractivity contribution in [1.82, 2.24) is 0 Å².